The molecule has 1 fully saturated rings. The molecule has 5 heteroatoms. The molecule has 1 amide bonds. The first-order chi connectivity index (χ1) is 17.7. The van der Waals surface area contributed by atoms with Gasteiger partial charge in [0.1, 0.15) is 5.82 Å². The second-order valence-electron chi connectivity index (χ2n) is 9.93. The van der Waals surface area contributed by atoms with Crippen LogP contribution in [0.5, 0.6) is 0 Å². The first-order valence-corrected chi connectivity index (χ1v) is 13.3. The van der Waals surface area contributed by atoms with Crippen LogP contribution in [0.1, 0.15) is 50.5 Å². The molecule has 0 unspecified atom stereocenters. The van der Waals surface area contributed by atoms with E-state index in [0.717, 1.165) is 43.1 Å². The second-order valence-corrected chi connectivity index (χ2v) is 9.93. The van der Waals surface area contributed by atoms with Crippen LogP contribution >= 0.6 is 0 Å². The number of piperidine rings is 1. The molecule has 5 nitrogen and oxygen atoms in total. The topological polar surface area (TPSA) is 50.2 Å². The number of para-hydroxylation sites is 2. The number of carbonyl (C=O) groups is 1. The highest BCUT2D eigenvalue weighted by atomic mass is 16.1. The van der Waals surface area contributed by atoms with Gasteiger partial charge in [-0.15, -0.1) is 0 Å². The van der Waals surface area contributed by atoms with E-state index in [2.05, 4.69) is 87.6 Å². The fourth-order valence-corrected chi connectivity index (χ4v) is 5.46. The van der Waals surface area contributed by atoms with Crippen molar-refractivity contribution in [1.29, 1.82) is 0 Å². The smallest absolute Gasteiger partial charge is 0.221 e. The van der Waals surface area contributed by atoms with Crippen molar-refractivity contribution in [3.8, 4) is 11.4 Å². The summed E-state index contributed by atoms with van der Waals surface area (Å²) in [5, 5.41) is 2.91. The van der Waals surface area contributed by atoms with Gasteiger partial charge >= 0.3 is 0 Å². The zero-order valence-electron chi connectivity index (χ0n) is 21.2. The van der Waals surface area contributed by atoms with Crippen molar-refractivity contribution < 1.29 is 4.79 Å². The number of hydrogen-bond donors (Lipinski definition) is 1. The van der Waals surface area contributed by atoms with Gasteiger partial charge in [-0.2, -0.15) is 0 Å². The molecule has 3 aromatic carbocycles. The van der Waals surface area contributed by atoms with E-state index in [0.29, 0.717) is 5.92 Å². The van der Waals surface area contributed by atoms with Crippen LogP contribution in [0.15, 0.2) is 78.9 Å². The van der Waals surface area contributed by atoms with Crippen LogP contribution in [0.25, 0.3) is 22.4 Å². The molecule has 1 aromatic heterocycles. The highest BCUT2D eigenvalue weighted by Crippen LogP contribution is 2.30. The predicted molar refractivity (Wildman–Crippen MR) is 148 cm³/mol. The van der Waals surface area contributed by atoms with E-state index >= 15 is 0 Å². The fourth-order valence-electron chi connectivity index (χ4n) is 5.46. The number of nitrogens with zero attached hydrogens (tertiary/aromatic N) is 3. The summed E-state index contributed by atoms with van der Waals surface area (Å²) in [7, 11) is 0. The lowest BCUT2D eigenvalue weighted by Crippen LogP contribution is -2.33. The summed E-state index contributed by atoms with van der Waals surface area (Å²) in [6.07, 6.45) is 5.98. The Bertz CT molecular complexity index is 1290. The molecule has 0 saturated carbocycles. The summed E-state index contributed by atoms with van der Waals surface area (Å²) in [4.78, 5) is 18.9. The SMILES string of the molecule is CC(=O)Nc1cccc(C2CCN(CCCCCn3c(-c4ccccc4)nc4ccccc43)CC2)c1. The molecule has 0 bridgehead atoms. The van der Waals surface area contributed by atoms with Gasteiger partial charge in [0.15, 0.2) is 0 Å². The van der Waals surface area contributed by atoms with Gasteiger partial charge < -0.3 is 14.8 Å². The van der Waals surface area contributed by atoms with E-state index in [1.807, 2.05) is 6.07 Å². The number of benzene rings is 3. The molecule has 186 valence electrons. The second kappa shape index (κ2) is 11.5. The van der Waals surface area contributed by atoms with Gasteiger partial charge in [-0.3, -0.25) is 4.79 Å². The number of fused-ring (bicyclic) bond motifs is 1. The summed E-state index contributed by atoms with van der Waals surface area (Å²) < 4.78 is 2.39. The van der Waals surface area contributed by atoms with E-state index in [4.69, 9.17) is 4.98 Å². The number of nitrogens with one attached hydrogen (secondary N) is 1. The minimum atomic E-state index is -0.0144. The van der Waals surface area contributed by atoms with Crippen LogP contribution in [-0.2, 0) is 11.3 Å². The Labute approximate surface area is 214 Å². The number of aryl methyl sites for hydroxylation is 1. The number of unbranched alkanes of at least 4 members (excludes halogenated alkanes) is 2. The molecule has 1 aliphatic heterocycles. The maximum absolute atomic E-state index is 11.4. The van der Waals surface area contributed by atoms with Crippen LogP contribution in [0.2, 0.25) is 0 Å². The number of hydrogen-bond acceptors (Lipinski definition) is 3. The molecule has 36 heavy (non-hydrogen) atoms. The van der Waals surface area contributed by atoms with Gasteiger partial charge in [-0.1, -0.05) is 61.0 Å². The van der Waals surface area contributed by atoms with Crippen LogP contribution in [0, 0.1) is 0 Å². The van der Waals surface area contributed by atoms with Gasteiger partial charge in [0.25, 0.3) is 0 Å². The fraction of sp³-hybridized carbons (Fsp3) is 0.355. The van der Waals surface area contributed by atoms with Crippen LogP contribution in [0.4, 0.5) is 5.69 Å². The van der Waals surface area contributed by atoms with Crippen LogP contribution in [0.3, 0.4) is 0 Å². The van der Waals surface area contributed by atoms with Crippen molar-refractivity contribution in [2.45, 2.75) is 51.5 Å². The van der Waals surface area contributed by atoms with Gasteiger partial charge in [0.2, 0.25) is 5.91 Å². The quantitative estimate of drug-likeness (QED) is 0.271. The Morgan fingerprint density at radius 2 is 1.64 bits per heavy atom. The maximum Gasteiger partial charge on any atom is 0.221 e. The molecule has 1 N–H and O–H groups in total. The highest BCUT2D eigenvalue weighted by molar-refractivity contribution is 5.88. The van der Waals surface area contributed by atoms with Gasteiger partial charge in [0.05, 0.1) is 11.0 Å². The lowest BCUT2D eigenvalue weighted by atomic mass is 9.89. The number of amides is 1. The molecule has 4 aromatic rings. The minimum absolute atomic E-state index is 0.0144. The number of rotatable bonds is 9. The van der Waals surface area contributed by atoms with E-state index in [1.165, 1.54) is 48.9 Å². The monoisotopic (exact) mass is 480 g/mol. The number of carbonyl (C=O) groups excluding carboxylic acids is 1. The summed E-state index contributed by atoms with van der Waals surface area (Å²) in [6, 6.07) is 27.4. The summed E-state index contributed by atoms with van der Waals surface area (Å²) in [5.74, 6) is 1.64. The zero-order valence-corrected chi connectivity index (χ0v) is 21.2. The van der Waals surface area contributed by atoms with E-state index in [9.17, 15) is 4.79 Å². The third-order valence-corrected chi connectivity index (χ3v) is 7.31. The summed E-state index contributed by atoms with van der Waals surface area (Å²) in [6.45, 7) is 6.04. The van der Waals surface area contributed by atoms with Crippen molar-refractivity contribution in [1.82, 2.24) is 14.5 Å². The highest BCUT2D eigenvalue weighted by Gasteiger charge is 2.20. The minimum Gasteiger partial charge on any atom is -0.326 e. The first-order valence-electron chi connectivity index (χ1n) is 13.3. The molecule has 0 atom stereocenters. The molecule has 0 spiro atoms. The molecular formula is C31H36N4O. The standard InChI is InChI=1S/C31H36N4O/c1-24(36)32-28-14-10-13-27(23-28)25-17-21-34(22-18-25)19-8-3-9-20-35-30-16-7-6-15-29(30)33-31(35)26-11-4-2-5-12-26/h2,4-7,10-16,23,25H,3,8-9,17-22H2,1H3,(H,32,36). The third-order valence-electron chi connectivity index (χ3n) is 7.31. The first kappa shape index (κ1) is 24.3. The van der Waals surface area contributed by atoms with Crippen molar-refractivity contribution >= 4 is 22.6 Å². The molecule has 1 aliphatic rings. The molecule has 5 rings (SSSR count). The van der Waals surface area contributed by atoms with Crippen LogP contribution < -0.4 is 5.32 Å². The van der Waals surface area contributed by atoms with Gasteiger partial charge in [-0.25, -0.2) is 4.98 Å². The van der Waals surface area contributed by atoms with Crippen molar-refractivity contribution in [2.24, 2.45) is 0 Å². The molecule has 0 aliphatic carbocycles. The molecule has 0 radical (unpaired) electrons. The van der Waals surface area contributed by atoms with Crippen LogP contribution in [-0.4, -0.2) is 40.0 Å². The van der Waals surface area contributed by atoms with E-state index < -0.39 is 0 Å². The Kier molecular flexibility index (Phi) is 7.77. The summed E-state index contributed by atoms with van der Waals surface area (Å²) >= 11 is 0. The Balaban J connectivity index is 1.10. The number of likely N-dealkylation sites (tertiary alicyclic amines) is 1. The van der Waals surface area contributed by atoms with Crippen molar-refractivity contribution in [2.75, 3.05) is 25.0 Å². The normalized spacial score (nSPS) is 14.8. The van der Waals surface area contributed by atoms with Gasteiger partial charge in [0, 0.05) is 24.7 Å². The predicted octanol–water partition coefficient (Wildman–Crippen LogP) is 6.71. The average Bonchev–Trinajstić information content (AvgIpc) is 3.28. The van der Waals surface area contributed by atoms with Crippen molar-refractivity contribution in [3.63, 3.8) is 0 Å². The third kappa shape index (κ3) is 5.85. The van der Waals surface area contributed by atoms with Crippen molar-refractivity contribution in [3.05, 3.63) is 84.4 Å². The van der Waals surface area contributed by atoms with E-state index in [1.54, 1.807) is 6.92 Å². The number of anilines is 1. The maximum atomic E-state index is 11.4. The van der Waals surface area contributed by atoms with E-state index in [-0.39, 0.29) is 5.91 Å². The number of imidazole rings is 1. The zero-order chi connectivity index (χ0) is 24.7. The summed E-state index contributed by atoms with van der Waals surface area (Å²) in [5.41, 5.74) is 5.73. The Morgan fingerprint density at radius 3 is 2.44 bits per heavy atom. The van der Waals surface area contributed by atoms with Gasteiger partial charge in [-0.05, 0) is 81.1 Å². The average molecular weight is 481 g/mol. The largest absolute Gasteiger partial charge is 0.326 e. The lowest BCUT2D eigenvalue weighted by Gasteiger charge is -2.32. The Morgan fingerprint density at radius 1 is 0.889 bits per heavy atom. The lowest BCUT2D eigenvalue weighted by molar-refractivity contribution is -0.114. The molecule has 1 saturated heterocycles. The number of aromatic nitrogens is 2. The Hall–Kier alpha value is -3.44. The molecule has 2 heterocycles. The molecular weight excluding hydrogens is 444 g/mol.